The van der Waals surface area contributed by atoms with E-state index in [4.69, 9.17) is 11.2 Å². The molecule has 0 heterocycles. The molecule has 0 N–H and O–H groups in total. The predicted octanol–water partition coefficient (Wildman–Crippen LogP) is 2.36. The van der Waals surface area contributed by atoms with Crippen LogP contribution in [0, 0.1) is 12.3 Å². The Morgan fingerprint density at radius 3 is 2.73 bits per heavy atom. The van der Waals surface area contributed by atoms with Gasteiger partial charge in [-0.2, -0.15) is 0 Å². The van der Waals surface area contributed by atoms with Gasteiger partial charge in [0.1, 0.15) is 0 Å². The van der Waals surface area contributed by atoms with Crippen LogP contribution in [0.2, 0.25) is 0 Å². The fourth-order valence-electron chi connectivity index (χ4n) is 1.33. The Hall–Kier alpha value is -1.75. The van der Waals surface area contributed by atoms with Crippen LogP contribution in [0.15, 0.2) is 30.3 Å². The van der Waals surface area contributed by atoms with E-state index in [-0.39, 0.29) is 18.5 Å². The minimum Gasteiger partial charge on any atom is -0.452 e. The molecule has 2 heteroatoms. The van der Waals surface area contributed by atoms with Gasteiger partial charge in [-0.3, -0.25) is 4.79 Å². The SMILES string of the molecule is C#CCOC(=O)CC(C)c1ccccc1. The lowest BCUT2D eigenvalue weighted by Gasteiger charge is -2.10. The molecule has 0 spiro atoms. The van der Waals surface area contributed by atoms with E-state index in [1.807, 2.05) is 37.3 Å². The van der Waals surface area contributed by atoms with Gasteiger partial charge in [-0.25, -0.2) is 0 Å². The Balaban J connectivity index is 2.46. The third-order valence-corrected chi connectivity index (χ3v) is 2.16. The molecule has 0 saturated heterocycles. The van der Waals surface area contributed by atoms with Gasteiger partial charge in [-0.05, 0) is 11.5 Å². The fourth-order valence-corrected chi connectivity index (χ4v) is 1.33. The predicted molar refractivity (Wildman–Crippen MR) is 59.3 cm³/mol. The molecule has 2 nitrogen and oxygen atoms in total. The first-order chi connectivity index (χ1) is 7.24. The van der Waals surface area contributed by atoms with E-state index in [2.05, 4.69) is 5.92 Å². The molecule has 15 heavy (non-hydrogen) atoms. The van der Waals surface area contributed by atoms with Gasteiger partial charge in [0.2, 0.25) is 0 Å². The number of ether oxygens (including phenoxy) is 1. The summed E-state index contributed by atoms with van der Waals surface area (Å²) in [6.07, 6.45) is 5.36. The number of hydrogen-bond donors (Lipinski definition) is 0. The third kappa shape index (κ3) is 3.86. The Morgan fingerprint density at radius 1 is 1.47 bits per heavy atom. The summed E-state index contributed by atoms with van der Waals surface area (Å²) in [5.41, 5.74) is 1.13. The van der Waals surface area contributed by atoms with Crippen LogP contribution < -0.4 is 0 Å². The van der Waals surface area contributed by atoms with Gasteiger partial charge in [-0.1, -0.05) is 43.2 Å². The maximum absolute atomic E-state index is 11.3. The zero-order valence-electron chi connectivity index (χ0n) is 8.77. The number of carbonyl (C=O) groups excluding carboxylic acids is 1. The molecule has 0 aliphatic heterocycles. The molecule has 0 aliphatic rings. The van der Waals surface area contributed by atoms with Crippen LogP contribution in [-0.4, -0.2) is 12.6 Å². The van der Waals surface area contributed by atoms with E-state index in [0.717, 1.165) is 5.56 Å². The number of esters is 1. The van der Waals surface area contributed by atoms with Crippen LogP contribution in [-0.2, 0) is 9.53 Å². The average molecular weight is 202 g/mol. The van der Waals surface area contributed by atoms with E-state index >= 15 is 0 Å². The van der Waals surface area contributed by atoms with Gasteiger partial charge in [0.25, 0.3) is 0 Å². The summed E-state index contributed by atoms with van der Waals surface area (Å²) >= 11 is 0. The lowest BCUT2D eigenvalue weighted by Crippen LogP contribution is -2.08. The van der Waals surface area contributed by atoms with Crippen molar-refractivity contribution in [3.05, 3.63) is 35.9 Å². The van der Waals surface area contributed by atoms with Crippen molar-refractivity contribution >= 4 is 5.97 Å². The maximum Gasteiger partial charge on any atom is 0.307 e. The number of hydrogen-bond acceptors (Lipinski definition) is 2. The Kier molecular flexibility index (Phi) is 4.43. The van der Waals surface area contributed by atoms with Crippen LogP contribution in [0.5, 0.6) is 0 Å². The number of benzene rings is 1. The van der Waals surface area contributed by atoms with Crippen LogP contribution in [0.25, 0.3) is 0 Å². The Labute approximate surface area is 90.3 Å². The first-order valence-electron chi connectivity index (χ1n) is 4.88. The summed E-state index contributed by atoms with van der Waals surface area (Å²) in [5.74, 6) is 2.19. The zero-order valence-corrected chi connectivity index (χ0v) is 8.77. The molecule has 1 atom stereocenters. The van der Waals surface area contributed by atoms with Gasteiger partial charge in [0.05, 0.1) is 6.42 Å². The van der Waals surface area contributed by atoms with Crippen molar-refractivity contribution in [3.63, 3.8) is 0 Å². The second-order valence-electron chi connectivity index (χ2n) is 3.38. The topological polar surface area (TPSA) is 26.3 Å². The maximum atomic E-state index is 11.3. The van der Waals surface area contributed by atoms with Gasteiger partial charge < -0.3 is 4.74 Å². The molecule has 0 saturated carbocycles. The van der Waals surface area contributed by atoms with Crippen molar-refractivity contribution in [2.24, 2.45) is 0 Å². The summed E-state index contributed by atoms with van der Waals surface area (Å²) in [5, 5.41) is 0. The molecule has 0 aliphatic carbocycles. The quantitative estimate of drug-likeness (QED) is 0.553. The highest BCUT2D eigenvalue weighted by molar-refractivity contribution is 5.70. The first-order valence-corrected chi connectivity index (χ1v) is 4.88. The molecule has 0 radical (unpaired) electrons. The van der Waals surface area contributed by atoms with Gasteiger partial charge in [0.15, 0.2) is 6.61 Å². The van der Waals surface area contributed by atoms with Crippen molar-refractivity contribution in [3.8, 4) is 12.3 Å². The Morgan fingerprint density at radius 2 is 2.13 bits per heavy atom. The van der Waals surface area contributed by atoms with E-state index in [1.54, 1.807) is 0 Å². The number of rotatable bonds is 4. The van der Waals surface area contributed by atoms with Crippen molar-refractivity contribution in [1.82, 2.24) is 0 Å². The highest BCUT2D eigenvalue weighted by Crippen LogP contribution is 2.18. The van der Waals surface area contributed by atoms with E-state index in [0.29, 0.717) is 6.42 Å². The number of carbonyl (C=O) groups is 1. The second kappa shape index (κ2) is 5.87. The standard InChI is InChI=1S/C13H14O2/c1-3-9-15-13(14)10-11(2)12-7-5-4-6-8-12/h1,4-8,11H,9-10H2,2H3. The average Bonchev–Trinajstić information content (AvgIpc) is 2.27. The molecule has 0 fully saturated rings. The normalized spacial score (nSPS) is 11.5. The van der Waals surface area contributed by atoms with Crippen molar-refractivity contribution in [2.75, 3.05) is 6.61 Å². The van der Waals surface area contributed by atoms with Gasteiger partial charge >= 0.3 is 5.97 Å². The molecule has 1 aromatic rings. The molecule has 1 unspecified atom stereocenters. The minimum atomic E-state index is -0.246. The molecule has 0 aromatic heterocycles. The van der Waals surface area contributed by atoms with Crippen LogP contribution in [0.1, 0.15) is 24.8 Å². The molecular formula is C13H14O2. The molecular weight excluding hydrogens is 188 g/mol. The summed E-state index contributed by atoms with van der Waals surface area (Å²) < 4.78 is 4.81. The minimum absolute atomic E-state index is 0.0559. The Bertz CT molecular complexity index is 349. The monoisotopic (exact) mass is 202 g/mol. The second-order valence-corrected chi connectivity index (χ2v) is 3.38. The summed E-state index contributed by atoms with van der Waals surface area (Å²) in [7, 11) is 0. The van der Waals surface area contributed by atoms with E-state index in [9.17, 15) is 4.79 Å². The van der Waals surface area contributed by atoms with E-state index in [1.165, 1.54) is 0 Å². The first kappa shape index (κ1) is 11.3. The van der Waals surface area contributed by atoms with Crippen molar-refractivity contribution < 1.29 is 9.53 Å². The highest BCUT2D eigenvalue weighted by atomic mass is 16.5. The summed E-state index contributed by atoms with van der Waals surface area (Å²) in [4.78, 5) is 11.3. The smallest absolute Gasteiger partial charge is 0.307 e. The molecule has 0 bridgehead atoms. The molecule has 0 amide bonds. The zero-order chi connectivity index (χ0) is 11.1. The lowest BCUT2D eigenvalue weighted by molar-refractivity contribution is -0.142. The van der Waals surface area contributed by atoms with Crippen molar-refractivity contribution in [1.29, 1.82) is 0 Å². The van der Waals surface area contributed by atoms with Crippen LogP contribution in [0.3, 0.4) is 0 Å². The molecule has 1 rings (SSSR count). The highest BCUT2D eigenvalue weighted by Gasteiger charge is 2.11. The molecule has 1 aromatic carbocycles. The lowest BCUT2D eigenvalue weighted by atomic mass is 9.98. The van der Waals surface area contributed by atoms with Crippen LogP contribution in [0.4, 0.5) is 0 Å². The van der Waals surface area contributed by atoms with Crippen LogP contribution >= 0.6 is 0 Å². The number of terminal acetylenes is 1. The largest absolute Gasteiger partial charge is 0.452 e. The summed E-state index contributed by atoms with van der Waals surface area (Å²) in [6, 6.07) is 9.86. The van der Waals surface area contributed by atoms with Gasteiger partial charge in [0, 0.05) is 0 Å². The van der Waals surface area contributed by atoms with Crippen molar-refractivity contribution in [2.45, 2.75) is 19.3 Å². The van der Waals surface area contributed by atoms with Gasteiger partial charge in [-0.15, -0.1) is 6.42 Å². The third-order valence-electron chi connectivity index (χ3n) is 2.16. The fraction of sp³-hybridized carbons (Fsp3) is 0.308. The summed E-state index contributed by atoms with van der Waals surface area (Å²) in [6.45, 7) is 2.05. The molecule has 78 valence electrons. The van der Waals surface area contributed by atoms with E-state index < -0.39 is 0 Å².